The Morgan fingerprint density at radius 1 is 2.00 bits per heavy atom. The fourth-order valence-electron chi connectivity index (χ4n) is 0.0833. The van der Waals surface area contributed by atoms with Crippen LogP contribution in [0.25, 0.3) is 0 Å². The number of rotatable bonds is 2. The second kappa shape index (κ2) is 4.48. The first-order valence-corrected chi connectivity index (χ1v) is 6.82. The van der Waals surface area contributed by atoms with E-state index in [4.69, 9.17) is 0 Å². The van der Waals surface area contributed by atoms with E-state index in [0.29, 0.717) is 0 Å². The molecule has 0 aromatic carbocycles. The Bertz CT molecular complexity index is 28.1. The predicted octanol–water partition coefficient (Wildman–Crippen LogP) is -0.157. The first-order valence-electron chi connectivity index (χ1n) is 1.61. The molecule has 0 amide bonds. The SMILES string of the molecule is C=CC[SiH2][Se]. The van der Waals surface area contributed by atoms with Crippen molar-refractivity contribution in [3.05, 3.63) is 12.7 Å². The van der Waals surface area contributed by atoms with Crippen LogP contribution in [0, 0.1) is 0 Å². The summed E-state index contributed by atoms with van der Waals surface area (Å²) < 4.78 is 0. The van der Waals surface area contributed by atoms with Gasteiger partial charge in [0, 0.05) is 0 Å². The van der Waals surface area contributed by atoms with Gasteiger partial charge in [0.05, 0.1) is 0 Å². The van der Waals surface area contributed by atoms with E-state index < -0.39 is 0 Å². The van der Waals surface area contributed by atoms with Crippen molar-refractivity contribution in [3.63, 3.8) is 0 Å². The van der Waals surface area contributed by atoms with Gasteiger partial charge in [-0.25, -0.2) is 0 Å². The zero-order valence-corrected chi connectivity index (χ0v) is 6.23. The molecule has 0 saturated carbocycles. The minimum atomic E-state index is 0.171. The average Bonchev–Trinajstić information content (AvgIpc) is 1.41. The Morgan fingerprint density at radius 3 is 2.60 bits per heavy atom. The van der Waals surface area contributed by atoms with Crippen LogP contribution in [0.2, 0.25) is 6.04 Å². The van der Waals surface area contributed by atoms with Gasteiger partial charge in [0.1, 0.15) is 0 Å². The van der Waals surface area contributed by atoms with E-state index in [2.05, 4.69) is 22.0 Å². The van der Waals surface area contributed by atoms with E-state index in [0.717, 1.165) is 0 Å². The molecule has 0 rings (SSSR count). The summed E-state index contributed by atoms with van der Waals surface area (Å²) in [5.41, 5.74) is 0. The molecule has 0 unspecified atom stereocenters. The molecule has 0 N–H and O–H groups in total. The van der Waals surface area contributed by atoms with Gasteiger partial charge in [-0.3, -0.25) is 0 Å². The van der Waals surface area contributed by atoms with Crippen molar-refractivity contribution >= 4 is 23.5 Å². The summed E-state index contributed by atoms with van der Waals surface area (Å²) in [6, 6.07) is 1.24. The van der Waals surface area contributed by atoms with E-state index in [1.54, 1.807) is 0 Å². The summed E-state index contributed by atoms with van der Waals surface area (Å²) in [5.74, 6) is 0. The summed E-state index contributed by atoms with van der Waals surface area (Å²) in [6.07, 6.45) is 1.96. The fraction of sp³-hybridized carbons (Fsp3) is 0.333. The van der Waals surface area contributed by atoms with Crippen LogP contribution in [0.3, 0.4) is 0 Å². The summed E-state index contributed by atoms with van der Waals surface area (Å²) >= 11 is 3.01. The van der Waals surface area contributed by atoms with Crippen LogP contribution < -0.4 is 0 Å². The van der Waals surface area contributed by atoms with Gasteiger partial charge in [0.2, 0.25) is 0 Å². The Labute approximate surface area is 42.7 Å². The third-order valence-electron chi connectivity index (χ3n) is 0.322. The normalized spacial score (nSPS) is 9.80. The Morgan fingerprint density at radius 2 is 2.60 bits per heavy atom. The van der Waals surface area contributed by atoms with Crippen LogP contribution in [-0.4, -0.2) is 23.5 Å². The molecule has 0 aromatic heterocycles. The molecule has 1 radical (unpaired) electrons. The maximum absolute atomic E-state index is 3.57. The van der Waals surface area contributed by atoms with Crippen LogP contribution in [0.5, 0.6) is 0 Å². The monoisotopic (exact) mass is 151 g/mol. The van der Waals surface area contributed by atoms with Crippen molar-refractivity contribution < 1.29 is 0 Å². The number of hydrogen-bond donors (Lipinski definition) is 0. The van der Waals surface area contributed by atoms with E-state index in [1.165, 1.54) is 6.04 Å². The molecule has 0 saturated heterocycles. The average molecular weight is 150 g/mol. The molecule has 0 bridgehead atoms. The van der Waals surface area contributed by atoms with Crippen molar-refractivity contribution in [1.29, 1.82) is 0 Å². The molecule has 0 spiro atoms. The van der Waals surface area contributed by atoms with Gasteiger partial charge in [-0.1, -0.05) is 0 Å². The Balaban J connectivity index is 2.40. The van der Waals surface area contributed by atoms with Crippen molar-refractivity contribution in [2.24, 2.45) is 0 Å². The van der Waals surface area contributed by atoms with Crippen molar-refractivity contribution in [2.45, 2.75) is 6.04 Å². The molecule has 0 aliphatic heterocycles. The van der Waals surface area contributed by atoms with Gasteiger partial charge in [-0.15, -0.1) is 0 Å². The second-order valence-corrected chi connectivity index (χ2v) is 4.34. The topological polar surface area (TPSA) is 0 Å². The van der Waals surface area contributed by atoms with E-state index in [-0.39, 0.29) is 8.13 Å². The quantitative estimate of drug-likeness (QED) is 0.379. The van der Waals surface area contributed by atoms with Crippen molar-refractivity contribution in [2.75, 3.05) is 0 Å². The van der Waals surface area contributed by atoms with Crippen LogP contribution in [0.1, 0.15) is 0 Å². The molecule has 0 fully saturated rings. The van der Waals surface area contributed by atoms with Gasteiger partial charge in [0.25, 0.3) is 0 Å². The molecule has 5 heavy (non-hydrogen) atoms. The summed E-state index contributed by atoms with van der Waals surface area (Å²) in [6.45, 7) is 3.57. The van der Waals surface area contributed by atoms with Crippen LogP contribution >= 0.6 is 0 Å². The summed E-state index contributed by atoms with van der Waals surface area (Å²) in [7, 11) is 0.171. The second-order valence-electron chi connectivity index (χ2n) is 0.781. The Hall–Kier alpha value is 0.476. The first-order chi connectivity index (χ1) is 2.41. The third kappa shape index (κ3) is 4.48. The van der Waals surface area contributed by atoms with Gasteiger partial charge in [0.15, 0.2) is 0 Å². The van der Waals surface area contributed by atoms with Crippen LogP contribution in [0.4, 0.5) is 0 Å². The molecule has 0 aromatic rings. The molecule has 0 aliphatic rings. The minimum absolute atomic E-state index is 0.171. The van der Waals surface area contributed by atoms with Gasteiger partial charge in [-0.05, 0) is 0 Å². The zero-order valence-electron chi connectivity index (χ0n) is 3.11. The van der Waals surface area contributed by atoms with Crippen LogP contribution in [0.15, 0.2) is 12.7 Å². The van der Waals surface area contributed by atoms with E-state index in [1.807, 2.05) is 6.08 Å². The maximum atomic E-state index is 3.57. The molecule has 0 nitrogen and oxygen atoms in total. The molecule has 29 valence electrons. The summed E-state index contributed by atoms with van der Waals surface area (Å²) in [5, 5.41) is 0. The van der Waals surface area contributed by atoms with Crippen molar-refractivity contribution in [1.82, 2.24) is 0 Å². The predicted molar refractivity (Wildman–Crippen MR) is 29.3 cm³/mol. The molecule has 0 aliphatic carbocycles. The van der Waals surface area contributed by atoms with E-state index >= 15 is 0 Å². The summed E-state index contributed by atoms with van der Waals surface area (Å²) in [4.78, 5) is 0. The van der Waals surface area contributed by atoms with Crippen LogP contribution in [-0.2, 0) is 0 Å². The first kappa shape index (κ1) is 5.48. The molecule has 2 heteroatoms. The Kier molecular flexibility index (Phi) is 4.90. The number of allylic oxidation sites excluding steroid dienone is 1. The molecule has 0 atom stereocenters. The standard InChI is InChI=1S/C3H7SeSi/c1-2-3-5-4/h2H,1,3,5H2. The van der Waals surface area contributed by atoms with Gasteiger partial charge >= 0.3 is 42.2 Å². The fourth-order valence-corrected chi connectivity index (χ4v) is 1.30. The molecular weight excluding hydrogens is 143 g/mol. The van der Waals surface area contributed by atoms with Gasteiger partial charge < -0.3 is 0 Å². The number of hydrogen-bond acceptors (Lipinski definition) is 0. The van der Waals surface area contributed by atoms with E-state index in [9.17, 15) is 0 Å². The molecular formula is C3H7SeSi. The third-order valence-corrected chi connectivity index (χ3v) is 2.45. The van der Waals surface area contributed by atoms with Gasteiger partial charge in [-0.2, -0.15) is 0 Å². The van der Waals surface area contributed by atoms with Crippen molar-refractivity contribution in [3.8, 4) is 0 Å². The zero-order chi connectivity index (χ0) is 4.12. The molecule has 0 heterocycles.